The van der Waals surface area contributed by atoms with Gasteiger partial charge in [-0.2, -0.15) is 0 Å². The summed E-state index contributed by atoms with van der Waals surface area (Å²) < 4.78 is 0. The lowest BCUT2D eigenvalue weighted by Crippen LogP contribution is -2.48. The van der Waals surface area contributed by atoms with E-state index in [2.05, 4.69) is 10.6 Å². The summed E-state index contributed by atoms with van der Waals surface area (Å²) in [6.45, 7) is 2.76. The number of rotatable bonds is 3. The number of carbonyl (C=O) groups is 2. The molecule has 1 aliphatic carbocycles. The number of hydrogen-bond acceptors (Lipinski definition) is 3. The highest BCUT2D eigenvalue weighted by molar-refractivity contribution is 5.98. The van der Waals surface area contributed by atoms with E-state index >= 15 is 0 Å². The summed E-state index contributed by atoms with van der Waals surface area (Å²) in [7, 11) is 0. The van der Waals surface area contributed by atoms with Crippen molar-refractivity contribution < 1.29 is 9.59 Å². The highest BCUT2D eigenvalue weighted by atomic mass is 16.2. The maximum Gasteiger partial charge on any atom is 0.254 e. The Morgan fingerprint density at radius 2 is 1.78 bits per heavy atom. The second-order valence-electron chi connectivity index (χ2n) is 6.95. The summed E-state index contributed by atoms with van der Waals surface area (Å²) in [5.74, 6) is 0.651. The van der Waals surface area contributed by atoms with Gasteiger partial charge in [-0.05, 0) is 55.9 Å². The predicted octanol–water partition coefficient (Wildman–Crippen LogP) is 1.40. The molecule has 3 aliphatic rings. The third kappa shape index (κ3) is 2.98. The second-order valence-corrected chi connectivity index (χ2v) is 6.95. The molecule has 0 unspecified atom stereocenters. The van der Waals surface area contributed by atoms with Gasteiger partial charge in [-0.1, -0.05) is 0 Å². The molecule has 0 bridgehead atoms. The quantitative estimate of drug-likeness (QED) is 0.887. The number of nitrogens with one attached hydrogen (secondary N) is 2. The van der Waals surface area contributed by atoms with Crippen molar-refractivity contribution in [3.63, 3.8) is 0 Å². The zero-order valence-corrected chi connectivity index (χ0v) is 13.3. The number of benzene rings is 1. The van der Waals surface area contributed by atoms with Gasteiger partial charge in [0.1, 0.15) is 0 Å². The van der Waals surface area contributed by atoms with E-state index in [-0.39, 0.29) is 11.8 Å². The molecule has 2 amide bonds. The minimum absolute atomic E-state index is 0.0375. The lowest BCUT2D eigenvalue weighted by molar-refractivity contribution is 0.0574. The van der Waals surface area contributed by atoms with Crippen LogP contribution in [0.25, 0.3) is 0 Å². The molecule has 5 nitrogen and oxygen atoms in total. The fourth-order valence-electron chi connectivity index (χ4n) is 3.75. The number of carbonyl (C=O) groups excluding carboxylic acids is 2. The molecule has 122 valence electrons. The van der Waals surface area contributed by atoms with Gasteiger partial charge in [-0.25, -0.2) is 0 Å². The molecule has 1 saturated carbocycles. The maximum absolute atomic E-state index is 12.8. The highest BCUT2D eigenvalue weighted by Crippen LogP contribution is 2.27. The number of nitrogens with zero attached hydrogens (tertiary/aromatic N) is 1. The van der Waals surface area contributed by atoms with Crippen molar-refractivity contribution in [1.29, 1.82) is 0 Å². The van der Waals surface area contributed by atoms with E-state index in [0.29, 0.717) is 29.1 Å². The first kappa shape index (κ1) is 14.7. The van der Waals surface area contributed by atoms with Crippen molar-refractivity contribution in [2.75, 3.05) is 19.6 Å². The van der Waals surface area contributed by atoms with Gasteiger partial charge >= 0.3 is 0 Å². The molecule has 23 heavy (non-hydrogen) atoms. The van der Waals surface area contributed by atoms with E-state index in [4.69, 9.17) is 0 Å². The minimum Gasteiger partial charge on any atom is -0.349 e. The molecule has 1 aromatic rings. The van der Waals surface area contributed by atoms with Crippen LogP contribution in [0.15, 0.2) is 24.3 Å². The summed E-state index contributed by atoms with van der Waals surface area (Å²) in [5.41, 5.74) is 1.31. The number of piperidine rings is 1. The van der Waals surface area contributed by atoms with Crippen molar-refractivity contribution in [2.24, 2.45) is 5.92 Å². The molecule has 2 N–H and O–H groups in total. The molecule has 0 spiro atoms. The van der Waals surface area contributed by atoms with Gasteiger partial charge in [-0.15, -0.1) is 0 Å². The van der Waals surface area contributed by atoms with E-state index in [1.54, 1.807) is 24.3 Å². The zero-order chi connectivity index (χ0) is 15.8. The van der Waals surface area contributed by atoms with Gasteiger partial charge in [0.15, 0.2) is 0 Å². The van der Waals surface area contributed by atoms with E-state index in [9.17, 15) is 9.59 Å². The topological polar surface area (TPSA) is 61.4 Å². The number of likely N-dealkylation sites (tertiary alicyclic amines) is 1. The Morgan fingerprint density at radius 3 is 2.52 bits per heavy atom. The van der Waals surface area contributed by atoms with Crippen LogP contribution in [-0.4, -0.2) is 48.4 Å². The molecule has 0 aromatic heterocycles. The highest BCUT2D eigenvalue weighted by Gasteiger charge is 2.37. The number of hydrogen-bond donors (Lipinski definition) is 2. The Kier molecular flexibility index (Phi) is 3.81. The predicted molar refractivity (Wildman–Crippen MR) is 87.3 cm³/mol. The van der Waals surface area contributed by atoms with E-state index in [1.165, 1.54) is 6.42 Å². The zero-order valence-electron chi connectivity index (χ0n) is 13.3. The SMILES string of the molecule is O=C(NC1CC1)c1ccc(C(=O)N2CCC[C@H]3CNC[C@H]32)cc1. The average Bonchev–Trinajstić information content (AvgIpc) is 3.26. The van der Waals surface area contributed by atoms with Crippen molar-refractivity contribution >= 4 is 11.8 Å². The lowest BCUT2D eigenvalue weighted by Gasteiger charge is -2.37. The second kappa shape index (κ2) is 5.96. The fraction of sp³-hybridized carbons (Fsp3) is 0.556. The van der Waals surface area contributed by atoms with Crippen molar-refractivity contribution in [3.05, 3.63) is 35.4 Å². The minimum atomic E-state index is -0.0375. The van der Waals surface area contributed by atoms with Crippen LogP contribution in [0.3, 0.4) is 0 Å². The average molecular weight is 313 g/mol. The van der Waals surface area contributed by atoms with Crippen LogP contribution in [0.1, 0.15) is 46.4 Å². The Bertz CT molecular complexity index is 609. The third-order valence-electron chi connectivity index (χ3n) is 5.25. The molecule has 2 heterocycles. The summed E-state index contributed by atoms with van der Waals surface area (Å²) in [5, 5.41) is 6.37. The standard InChI is InChI=1S/C18H23N3O2/c22-17(20-15-7-8-15)12-3-5-13(6-4-12)18(23)21-9-1-2-14-10-19-11-16(14)21/h3-6,14-16,19H,1-2,7-11H2,(H,20,22)/t14-,16+/m0/s1. The van der Waals surface area contributed by atoms with Crippen LogP contribution in [-0.2, 0) is 0 Å². The maximum atomic E-state index is 12.8. The summed E-state index contributed by atoms with van der Waals surface area (Å²) in [6, 6.07) is 7.78. The Balaban J connectivity index is 1.46. The monoisotopic (exact) mass is 313 g/mol. The van der Waals surface area contributed by atoms with Gasteiger partial charge in [-0.3, -0.25) is 9.59 Å². The largest absolute Gasteiger partial charge is 0.349 e. The molecule has 1 aromatic carbocycles. The van der Waals surface area contributed by atoms with Gasteiger partial charge in [0.25, 0.3) is 11.8 Å². The lowest BCUT2D eigenvalue weighted by atomic mass is 9.91. The smallest absolute Gasteiger partial charge is 0.254 e. The van der Waals surface area contributed by atoms with Gasteiger partial charge < -0.3 is 15.5 Å². The van der Waals surface area contributed by atoms with Crippen LogP contribution in [0.5, 0.6) is 0 Å². The molecule has 5 heteroatoms. The molecular weight excluding hydrogens is 290 g/mol. The number of fused-ring (bicyclic) bond motifs is 1. The first-order valence-corrected chi connectivity index (χ1v) is 8.65. The Hall–Kier alpha value is -1.88. The van der Waals surface area contributed by atoms with E-state index in [1.807, 2.05) is 4.90 Å². The van der Waals surface area contributed by atoms with Crippen LogP contribution in [0.4, 0.5) is 0 Å². The Morgan fingerprint density at radius 1 is 1.04 bits per heavy atom. The van der Waals surface area contributed by atoms with Crippen molar-refractivity contribution in [3.8, 4) is 0 Å². The summed E-state index contributed by atoms with van der Waals surface area (Å²) >= 11 is 0. The first-order valence-electron chi connectivity index (χ1n) is 8.65. The third-order valence-corrected chi connectivity index (χ3v) is 5.25. The molecule has 2 saturated heterocycles. The molecule has 2 aliphatic heterocycles. The fourth-order valence-corrected chi connectivity index (χ4v) is 3.75. The normalized spacial score (nSPS) is 26.7. The summed E-state index contributed by atoms with van der Waals surface area (Å²) in [6.07, 6.45) is 4.44. The van der Waals surface area contributed by atoms with Crippen LogP contribution in [0, 0.1) is 5.92 Å². The molecular formula is C18H23N3O2. The van der Waals surface area contributed by atoms with E-state index < -0.39 is 0 Å². The molecule has 4 rings (SSSR count). The van der Waals surface area contributed by atoms with Crippen molar-refractivity contribution in [2.45, 2.75) is 37.8 Å². The van der Waals surface area contributed by atoms with Crippen LogP contribution in [0.2, 0.25) is 0 Å². The van der Waals surface area contributed by atoms with Gasteiger partial charge in [0.2, 0.25) is 0 Å². The number of amides is 2. The van der Waals surface area contributed by atoms with Crippen molar-refractivity contribution in [1.82, 2.24) is 15.5 Å². The molecule has 3 fully saturated rings. The van der Waals surface area contributed by atoms with Gasteiger partial charge in [0.05, 0.1) is 0 Å². The van der Waals surface area contributed by atoms with E-state index in [0.717, 1.165) is 38.9 Å². The first-order chi connectivity index (χ1) is 11.2. The Labute approximate surface area is 136 Å². The van der Waals surface area contributed by atoms with Crippen LogP contribution >= 0.6 is 0 Å². The molecule has 2 atom stereocenters. The summed E-state index contributed by atoms with van der Waals surface area (Å²) in [4.78, 5) is 26.8. The van der Waals surface area contributed by atoms with Crippen LogP contribution < -0.4 is 10.6 Å². The molecule has 0 radical (unpaired) electrons. The van der Waals surface area contributed by atoms with Gasteiger partial charge in [0, 0.05) is 42.8 Å².